The first kappa shape index (κ1) is 12.5. The van der Waals surface area contributed by atoms with Gasteiger partial charge in [-0.15, -0.1) is 0 Å². The summed E-state index contributed by atoms with van der Waals surface area (Å²) in [6.07, 6.45) is 1.45. The molecule has 1 N–H and O–H groups in total. The second kappa shape index (κ2) is 6.14. The predicted molar refractivity (Wildman–Crippen MR) is 69.8 cm³/mol. The number of nitrogens with zero attached hydrogens (tertiary/aromatic N) is 1. The molecule has 0 spiro atoms. The summed E-state index contributed by atoms with van der Waals surface area (Å²) in [6.45, 7) is 2.07. The molecule has 80 valence electrons. The van der Waals surface area contributed by atoms with Crippen LogP contribution in [0.4, 0.5) is 5.69 Å². The number of nitrogens with one attached hydrogen (secondary N) is 1. The van der Waals surface area contributed by atoms with Crippen molar-refractivity contribution < 1.29 is 0 Å². The fourth-order valence-electron chi connectivity index (χ4n) is 1.25. The largest absolute Gasteiger partial charge is 0.379 e. The summed E-state index contributed by atoms with van der Waals surface area (Å²) in [4.78, 5) is 0. The van der Waals surface area contributed by atoms with Crippen molar-refractivity contribution in [1.29, 1.82) is 5.26 Å². The molecule has 1 aromatic carbocycles. The molecule has 4 heteroatoms. The minimum Gasteiger partial charge on any atom is -0.379 e. The minimum absolute atomic E-state index is 0.199. The SMILES string of the molecule is CCC(CC#N)Nc1c(Br)cccc1Br. The van der Waals surface area contributed by atoms with Crippen molar-refractivity contribution in [2.45, 2.75) is 25.8 Å². The van der Waals surface area contributed by atoms with Crippen LogP contribution in [0.25, 0.3) is 0 Å². The highest BCUT2D eigenvalue weighted by atomic mass is 79.9. The molecule has 0 amide bonds. The van der Waals surface area contributed by atoms with E-state index in [1.165, 1.54) is 0 Å². The number of nitriles is 1. The molecule has 0 aliphatic carbocycles. The molecule has 2 nitrogen and oxygen atoms in total. The van der Waals surface area contributed by atoms with Crippen LogP contribution in [0.15, 0.2) is 27.1 Å². The number of benzene rings is 1. The molecule has 1 atom stereocenters. The summed E-state index contributed by atoms with van der Waals surface area (Å²) in [5.74, 6) is 0. The third kappa shape index (κ3) is 3.51. The maximum atomic E-state index is 8.67. The quantitative estimate of drug-likeness (QED) is 0.892. The topological polar surface area (TPSA) is 35.8 Å². The van der Waals surface area contributed by atoms with E-state index in [2.05, 4.69) is 50.2 Å². The Kier molecular flexibility index (Phi) is 5.13. The summed E-state index contributed by atoms with van der Waals surface area (Å²) >= 11 is 6.96. The van der Waals surface area contributed by atoms with Gasteiger partial charge in [-0.1, -0.05) is 13.0 Å². The normalized spacial score (nSPS) is 11.9. The van der Waals surface area contributed by atoms with Crippen molar-refractivity contribution in [1.82, 2.24) is 0 Å². The summed E-state index contributed by atoms with van der Waals surface area (Å²) in [7, 11) is 0. The van der Waals surface area contributed by atoms with Gasteiger partial charge in [-0.3, -0.25) is 0 Å². The lowest BCUT2D eigenvalue weighted by Crippen LogP contribution is -2.18. The van der Waals surface area contributed by atoms with E-state index in [1.54, 1.807) is 0 Å². The Morgan fingerprint density at radius 1 is 1.40 bits per heavy atom. The zero-order chi connectivity index (χ0) is 11.3. The number of hydrogen-bond donors (Lipinski definition) is 1. The number of rotatable bonds is 4. The van der Waals surface area contributed by atoms with Crippen LogP contribution in [0.5, 0.6) is 0 Å². The fraction of sp³-hybridized carbons (Fsp3) is 0.364. The number of anilines is 1. The van der Waals surface area contributed by atoms with Gasteiger partial charge in [0.1, 0.15) is 0 Å². The van der Waals surface area contributed by atoms with Crippen LogP contribution < -0.4 is 5.32 Å². The van der Waals surface area contributed by atoms with Gasteiger partial charge in [-0.25, -0.2) is 0 Å². The number of para-hydroxylation sites is 1. The lowest BCUT2D eigenvalue weighted by atomic mass is 10.1. The third-order valence-corrected chi connectivity index (χ3v) is 3.46. The Balaban J connectivity index is 2.83. The van der Waals surface area contributed by atoms with Gasteiger partial charge in [0.2, 0.25) is 0 Å². The molecule has 1 rings (SSSR count). The van der Waals surface area contributed by atoms with E-state index in [0.717, 1.165) is 21.1 Å². The average Bonchev–Trinajstić information content (AvgIpc) is 2.22. The lowest BCUT2D eigenvalue weighted by molar-refractivity contribution is 0.710. The molecular formula is C11H12Br2N2. The van der Waals surface area contributed by atoms with Gasteiger partial charge in [0.05, 0.1) is 18.2 Å². The highest BCUT2D eigenvalue weighted by molar-refractivity contribution is 9.11. The molecule has 1 aromatic rings. The van der Waals surface area contributed by atoms with Crippen LogP contribution in [0.2, 0.25) is 0 Å². The predicted octanol–water partition coefficient (Wildman–Crippen LogP) is 4.32. The molecule has 0 aliphatic rings. The van der Waals surface area contributed by atoms with Crippen LogP contribution >= 0.6 is 31.9 Å². The van der Waals surface area contributed by atoms with Crippen molar-refractivity contribution in [3.8, 4) is 6.07 Å². The zero-order valence-corrected chi connectivity index (χ0v) is 11.6. The van der Waals surface area contributed by atoms with Gasteiger partial charge >= 0.3 is 0 Å². The maximum absolute atomic E-state index is 8.67. The average molecular weight is 332 g/mol. The zero-order valence-electron chi connectivity index (χ0n) is 8.43. The monoisotopic (exact) mass is 330 g/mol. The molecule has 1 unspecified atom stereocenters. The third-order valence-electron chi connectivity index (χ3n) is 2.14. The Labute approximate surface area is 107 Å². The molecule has 0 radical (unpaired) electrons. The highest BCUT2D eigenvalue weighted by Crippen LogP contribution is 2.31. The van der Waals surface area contributed by atoms with E-state index in [1.807, 2.05) is 18.2 Å². The van der Waals surface area contributed by atoms with Gasteiger partial charge in [0.15, 0.2) is 0 Å². The summed E-state index contributed by atoms with van der Waals surface area (Å²) in [5.41, 5.74) is 1.01. The van der Waals surface area contributed by atoms with Gasteiger partial charge in [0.25, 0.3) is 0 Å². The highest BCUT2D eigenvalue weighted by Gasteiger charge is 2.10. The van der Waals surface area contributed by atoms with Crippen LogP contribution in [0.3, 0.4) is 0 Å². The standard InChI is InChI=1S/C11H12Br2N2/c1-2-8(6-7-14)15-11-9(12)4-3-5-10(11)13/h3-5,8,15H,2,6H2,1H3. The summed E-state index contributed by atoms with van der Waals surface area (Å²) in [5, 5.41) is 12.0. The molecule has 0 saturated carbocycles. The Bertz CT molecular complexity index is 351. The molecule has 0 heterocycles. The van der Waals surface area contributed by atoms with Gasteiger partial charge in [0, 0.05) is 15.0 Å². The first-order valence-corrected chi connectivity index (χ1v) is 6.35. The molecule has 15 heavy (non-hydrogen) atoms. The van der Waals surface area contributed by atoms with E-state index in [9.17, 15) is 0 Å². The van der Waals surface area contributed by atoms with Gasteiger partial charge in [-0.2, -0.15) is 5.26 Å². The molecule has 0 saturated heterocycles. The van der Waals surface area contributed by atoms with Crippen LogP contribution in [-0.2, 0) is 0 Å². The molecule has 0 aromatic heterocycles. The van der Waals surface area contributed by atoms with Crippen molar-refractivity contribution in [2.24, 2.45) is 0 Å². The van der Waals surface area contributed by atoms with Crippen molar-refractivity contribution in [2.75, 3.05) is 5.32 Å². The van der Waals surface area contributed by atoms with E-state index in [4.69, 9.17) is 5.26 Å². The summed E-state index contributed by atoms with van der Waals surface area (Å²) < 4.78 is 2.02. The molecule has 0 bridgehead atoms. The van der Waals surface area contributed by atoms with E-state index < -0.39 is 0 Å². The Morgan fingerprint density at radius 3 is 2.47 bits per heavy atom. The van der Waals surface area contributed by atoms with Gasteiger partial charge < -0.3 is 5.32 Å². The van der Waals surface area contributed by atoms with Crippen LogP contribution in [0, 0.1) is 11.3 Å². The van der Waals surface area contributed by atoms with Crippen molar-refractivity contribution in [3.63, 3.8) is 0 Å². The smallest absolute Gasteiger partial charge is 0.0643 e. The number of hydrogen-bond acceptors (Lipinski definition) is 2. The number of halogens is 2. The fourth-order valence-corrected chi connectivity index (χ4v) is 2.47. The van der Waals surface area contributed by atoms with Gasteiger partial charge in [-0.05, 0) is 50.4 Å². The maximum Gasteiger partial charge on any atom is 0.0643 e. The van der Waals surface area contributed by atoms with E-state index in [0.29, 0.717) is 6.42 Å². The Hall–Kier alpha value is -0.530. The van der Waals surface area contributed by atoms with E-state index >= 15 is 0 Å². The summed E-state index contributed by atoms with van der Waals surface area (Å²) in [6, 6.07) is 8.30. The second-order valence-corrected chi connectivity index (χ2v) is 4.92. The molecule has 0 fully saturated rings. The molecule has 0 aliphatic heterocycles. The molecular weight excluding hydrogens is 320 g/mol. The van der Waals surface area contributed by atoms with Crippen LogP contribution in [-0.4, -0.2) is 6.04 Å². The lowest BCUT2D eigenvalue weighted by Gasteiger charge is -2.17. The second-order valence-electron chi connectivity index (χ2n) is 3.21. The minimum atomic E-state index is 0.199. The Morgan fingerprint density at radius 2 is 2.00 bits per heavy atom. The van der Waals surface area contributed by atoms with Crippen molar-refractivity contribution >= 4 is 37.5 Å². The first-order chi connectivity index (χ1) is 7.19. The van der Waals surface area contributed by atoms with Crippen molar-refractivity contribution in [3.05, 3.63) is 27.1 Å². The first-order valence-electron chi connectivity index (χ1n) is 4.76. The van der Waals surface area contributed by atoms with E-state index in [-0.39, 0.29) is 6.04 Å². The van der Waals surface area contributed by atoms with Crippen LogP contribution in [0.1, 0.15) is 19.8 Å².